The number of pyridine rings is 1. The van der Waals surface area contributed by atoms with Gasteiger partial charge in [0, 0.05) is 5.69 Å². The summed E-state index contributed by atoms with van der Waals surface area (Å²) in [5.74, 6) is 0.637. The number of rotatable bonds is 6. The number of ether oxygens (including phenoxy) is 2. The zero-order valence-corrected chi connectivity index (χ0v) is 17.7. The van der Waals surface area contributed by atoms with Crippen LogP contribution in [0.3, 0.4) is 0 Å². The molecule has 0 aliphatic carbocycles. The Hall–Kier alpha value is -3.75. The van der Waals surface area contributed by atoms with Gasteiger partial charge in [0.2, 0.25) is 0 Å². The average Bonchev–Trinajstić information content (AvgIpc) is 2.73. The van der Waals surface area contributed by atoms with Crippen LogP contribution < -0.4 is 20.1 Å². The van der Waals surface area contributed by atoms with E-state index in [1.165, 1.54) is 12.1 Å². The third-order valence-corrected chi connectivity index (χ3v) is 4.67. The second kappa shape index (κ2) is 9.59. The molecular formula is C23H22F3N3O3. The van der Waals surface area contributed by atoms with Crippen LogP contribution in [0.5, 0.6) is 11.5 Å². The monoisotopic (exact) mass is 445 g/mol. The van der Waals surface area contributed by atoms with Crippen molar-refractivity contribution < 1.29 is 27.4 Å². The Morgan fingerprint density at radius 2 is 1.59 bits per heavy atom. The average molecular weight is 445 g/mol. The van der Waals surface area contributed by atoms with Crippen LogP contribution in [0, 0.1) is 20.8 Å². The van der Waals surface area contributed by atoms with Crippen molar-refractivity contribution in [3.63, 3.8) is 0 Å². The molecule has 2 N–H and O–H groups in total. The summed E-state index contributed by atoms with van der Waals surface area (Å²) in [6.45, 7) is 5.88. The molecular weight excluding hydrogens is 423 g/mol. The van der Waals surface area contributed by atoms with E-state index in [4.69, 9.17) is 4.74 Å². The lowest BCUT2D eigenvalue weighted by molar-refractivity contribution is -0.274. The molecule has 0 atom stereocenters. The second-order valence-corrected chi connectivity index (χ2v) is 7.05. The first kappa shape index (κ1) is 22.9. The van der Waals surface area contributed by atoms with Crippen molar-refractivity contribution in [2.24, 2.45) is 0 Å². The maximum atomic E-state index is 12.4. The van der Waals surface area contributed by atoms with Crippen molar-refractivity contribution in [1.29, 1.82) is 0 Å². The van der Waals surface area contributed by atoms with Gasteiger partial charge >= 0.3 is 12.4 Å². The molecule has 3 aromatic rings. The molecule has 0 radical (unpaired) electrons. The highest BCUT2D eigenvalue weighted by atomic mass is 19.4. The minimum absolute atomic E-state index is 0.297. The Labute approximate surface area is 183 Å². The van der Waals surface area contributed by atoms with Crippen LogP contribution >= 0.6 is 0 Å². The fraction of sp³-hybridized carbons (Fsp3) is 0.217. The van der Waals surface area contributed by atoms with Crippen LogP contribution in [-0.2, 0) is 6.61 Å². The Balaban J connectivity index is 1.66. The van der Waals surface area contributed by atoms with Gasteiger partial charge in [-0.3, -0.25) is 5.32 Å². The van der Waals surface area contributed by atoms with E-state index in [1.807, 2.05) is 44.2 Å². The molecule has 168 valence electrons. The van der Waals surface area contributed by atoms with Gasteiger partial charge < -0.3 is 14.8 Å². The fourth-order valence-electron chi connectivity index (χ4n) is 3.00. The number of anilines is 2. The van der Waals surface area contributed by atoms with Gasteiger partial charge in [0.25, 0.3) is 0 Å². The molecule has 2 aromatic carbocycles. The summed E-state index contributed by atoms with van der Waals surface area (Å²) in [5.41, 5.74) is 3.52. The zero-order valence-electron chi connectivity index (χ0n) is 17.7. The standard InChI is InChI=1S/C23H22F3N3O3/c1-14-15(2)21(27-16(3)20(14)31-13-17-7-5-4-6-8-17)29-22(30)28-18-9-11-19(12-10-18)32-23(24,25)26/h4-12H,13H2,1-3H3,(H2,27,28,29,30). The Kier molecular flexibility index (Phi) is 6.87. The molecule has 0 fully saturated rings. The van der Waals surface area contributed by atoms with Gasteiger partial charge in [0.05, 0.1) is 5.69 Å². The lowest BCUT2D eigenvalue weighted by Gasteiger charge is -2.17. The molecule has 9 heteroatoms. The molecule has 2 amide bonds. The van der Waals surface area contributed by atoms with Crippen LogP contribution in [0.15, 0.2) is 54.6 Å². The van der Waals surface area contributed by atoms with Crippen LogP contribution in [0.1, 0.15) is 22.4 Å². The van der Waals surface area contributed by atoms with Crippen LogP contribution in [0.25, 0.3) is 0 Å². The summed E-state index contributed by atoms with van der Waals surface area (Å²) in [4.78, 5) is 16.8. The third kappa shape index (κ3) is 6.13. The van der Waals surface area contributed by atoms with E-state index in [-0.39, 0.29) is 5.75 Å². The summed E-state index contributed by atoms with van der Waals surface area (Å²) in [6, 6.07) is 14.0. The topological polar surface area (TPSA) is 72.5 Å². The number of nitrogens with one attached hydrogen (secondary N) is 2. The minimum atomic E-state index is -4.78. The predicted octanol–water partition coefficient (Wildman–Crippen LogP) is 6.13. The molecule has 0 unspecified atom stereocenters. The van der Waals surface area contributed by atoms with Crippen molar-refractivity contribution in [3.8, 4) is 11.5 Å². The first-order valence-corrected chi connectivity index (χ1v) is 9.70. The van der Waals surface area contributed by atoms with Crippen LogP contribution in [-0.4, -0.2) is 17.4 Å². The summed E-state index contributed by atoms with van der Waals surface area (Å²) in [5, 5.41) is 5.22. The molecule has 0 saturated heterocycles. The van der Waals surface area contributed by atoms with Crippen molar-refractivity contribution in [2.75, 3.05) is 10.6 Å². The van der Waals surface area contributed by atoms with Gasteiger partial charge in [0.1, 0.15) is 23.9 Å². The summed E-state index contributed by atoms with van der Waals surface area (Å²) >= 11 is 0. The number of aryl methyl sites for hydroxylation is 1. The minimum Gasteiger partial charge on any atom is -0.487 e. The Bertz CT molecular complexity index is 1090. The van der Waals surface area contributed by atoms with Gasteiger partial charge in [-0.2, -0.15) is 0 Å². The number of alkyl halides is 3. The molecule has 1 aromatic heterocycles. The molecule has 3 rings (SSSR count). The van der Waals surface area contributed by atoms with E-state index in [0.717, 1.165) is 28.8 Å². The summed E-state index contributed by atoms with van der Waals surface area (Å²) in [6.07, 6.45) is -4.78. The van der Waals surface area contributed by atoms with Gasteiger partial charge in [-0.15, -0.1) is 13.2 Å². The number of carbonyl (C=O) groups excluding carboxylic acids is 1. The smallest absolute Gasteiger partial charge is 0.487 e. The van der Waals surface area contributed by atoms with Gasteiger partial charge in [0.15, 0.2) is 0 Å². The quantitative estimate of drug-likeness (QED) is 0.479. The molecule has 32 heavy (non-hydrogen) atoms. The number of amides is 2. The van der Waals surface area contributed by atoms with E-state index in [2.05, 4.69) is 20.4 Å². The van der Waals surface area contributed by atoms with Crippen molar-refractivity contribution in [2.45, 2.75) is 33.7 Å². The number of aromatic nitrogens is 1. The largest absolute Gasteiger partial charge is 0.573 e. The Morgan fingerprint density at radius 3 is 2.22 bits per heavy atom. The van der Waals surface area contributed by atoms with E-state index in [9.17, 15) is 18.0 Å². The number of urea groups is 1. The predicted molar refractivity (Wildman–Crippen MR) is 115 cm³/mol. The lowest BCUT2D eigenvalue weighted by Crippen LogP contribution is -2.21. The maximum absolute atomic E-state index is 12.4. The number of hydrogen-bond acceptors (Lipinski definition) is 4. The lowest BCUT2D eigenvalue weighted by atomic mass is 10.1. The number of carbonyl (C=O) groups is 1. The van der Waals surface area contributed by atoms with Crippen LogP contribution in [0.2, 0.25) is 0 Å². The number of nitrogens with zero attached hydrogens (tertiary/aromatic N) is 1. The second-order valence-electron chi connectivity index (χ2n) is 7.05. The van der Waals surface area contributed by atoms with Gasteiger partial charge in [-0.25, -0.2) is 9.78 Å². The van der Waals surface area contributed by atoms with E-state index < -0.39 is 12.4 Å². The molecule has 0 aliphatic heterocycles. The van der Waals surface area contributed by atoms with E-state index in [0.29, 0.717) is 29.6 Å². The molecule has 0 bridgehead atoms. The highest BCUT2D eigenvalue weighted by Gasteiger charge is 2.31. The van der Waals surface area contributed by atoms with Crippen molar-refractivity contribution in [3.05, 3.63) is 77.0 Å². The van der Waals surface area contributed by atoms with Crippen molar-refractivity contribution >= 4 is 17.5 Å². The summed E-state index contributed by atoms with van der Waals surface area (Å²) in [7, 11) is 0. The number of hydrogen-bond donors (Lipinski definition) is 2. The molecule has 1 heterocycles. The van der Waals surface area contributed by atoms with Gasteiger partial charge in [-0.1, -0.05) is 30.3 Å². The Morgan fingerprint density at radius 1 is 0.938 bits per heavy atom. The molecule has 0 aliphatic rings. The number of halogens is 3. The van der Waals surface area contributed by atoms with Crippen LogP contribution in [0.4, 0.5) is 29.5 Å². The SMILES string of the molecule is Cc1nc(NC(=O)Nc2ccc(OC(F)(F)F)cc2)c(C)c(C)c1OCc1ccccc1. The molecule has 0 saturated carbocycles. The molecule has 0 spiro atoms. The first-order chi connectivity index (χ1) is 15.1. The van der Waals surface area contributed by atoms with Gasteiger partial charge in [-0.05, 0) is 61.7 Å². The molecule has 6 nitrogen and oxygen atoms in total. The van der Waals surface area contributed by atoms with E-state index in [1.54, 1.807) is 6.92 Å². The maximum Gasteiger partial charge on any atom is 0.573 e. The van der Waals surface area contributed by atoms with Crippen molar-refractivity contribution in [1.82, 2.24) is 4.98 Å². The normalized spacial score (nSPS) is 11.1. The number of benzene rings is 2. The highest BCUT2D eigenvalue weighted by Crippen LogP contribution is 2.30. The highest BCUT2D eigenvalue weighted by molar-refractivity contribution is 5.99. The summed E-state index contributed by atoms with van der Waals surface area (Å²) < 4.78 is 46.5. The zero-order chi connectivity index (χ0) is 23.3. The third-order valence-electron chi connectivity index (χ3n) is 4.67. The first-order valence-electron chi connectivity index (χ1n) is 9.70. The fourth-order valence-corrected chi connectivity index (χ4v) is 3.00. The van der Waals surface area contributed by atoms with E-state index >= 15 is 0 Å².